The minimum absolute atomic E-state index is 0.0188. The van der Waals surface area contributed by atoms with Crippen molar-refractivity contribution in [3.63, 3.8) is 0 Å². The zero-order valence-corrected chi connectivity index (χ0v) is 20.7. The molecule has 1 heterocycles. The molecule has 0 spiro atoms. The molecule has 3 aromatic rings. The van der Waals surface area contributed by atoms with Crippen molar-refractivity contribution >= 4 is 35.1 Å². The van der Waals surface area contributed by atoms with E-state index in [9.17, 15) is 19.5 Å². The van der Waals surface area contributed by atoms with E-state index in [1.165, 1.54) is 13.2 Å². The van der Waals surface area contributed by atoms with Gasteiger partial charge in [-0.15, -0.1) is 0 Å². The molecular weight excluding hydrogens is 470 g/mol. The van der Waals surface area contributed by atoms with Crippen LogP contribution in [0.15, 0.2) is 42.5 Å². The number of aromatic nitrogens is 2. The summed E-state index contributed by atoms with van der Waals surface area (Å²) in [4.78, 5) is 40.7. The molecular formula is C26H28ClN3O5. The van der Waals surface area contributed by atoms with Gasteiger partial charge in [0.15, 0.2) is 5.15 Å². The zero-order chi connectivity index (χ0) is 25.5. The number of esters is 1. The third-order valence-corrected chi connectivity index (χ3v) is 5.98. The highest BCUT2D eigenvalue weighted by Gasteiger charge is 2.20. The van der Waals surface area contributed by atoms with Crippen molar-refractivity contribution in [2.24, 2.45) is 0 Å². The first-order valence-corrected chi connectivity index (χ1v) is 11.7. The number of imidazole rings is 1. The van der Waals surface area contributed by atoms with Crippen LogP contribution in [0.1, 0.15) is 63.1 Å². The summed E-state index contributed by atoms with van der Waals surface area (Å²) in [5, 5.41) is 12.5. The minimum Gasteiger partial charge on any atom is -0.478 e. The van der Waals surface area contributed by atoms with Gasteiger partial charge in [-0.25, -0.2) is 9.78 Å². The van der Waals surface area contributed by atoms with Crippen molar-refractivity contribution in [1.29, 1.82) is 0 Å². The largest absolute Gasteiger partial charge is 0.478 e. The first-order valence-electron chi connectivity index (χ1n) is 11.3. The number of carboxylic acid groups (broad SMARTS) is 1. The first-order chi connectivity index (χ1) is 16.7. The van der Waals surface area contributed by atoms with E-state index >= 15 is 0 Å². The Bertz CT molecular complexity index is 1230. The molecule has 0 atom stereocenters. The molecule has 0 aliphatic heterocycles. The van der Waals surface area contributed by atoms with Gasteiger partial charge >= 0.3 is 11.9 Å². The van der Waals surface area contributed by atoms with E-state index in [1.807, 2.05) is 16.7 Å². The van der Waals surface area contributed by atoms with Crippen molar-refractivity contribution in [2.45, 2.75) is 46.1 Å². The molecule has 2 aromatic carbocycles. The SMILES string of the molecule is CCCCc1nc(Cl)c(CC(=O)OC)n1Cc1ccc(NC(=O)c2c(C)cccc2C(=O)O)cc1. The van der Waals surface area contributed by atoms with Gasteiger partial charge < -0.3 is 19.7 Å². The Morgan fingerprint density at radius 3 is 2.49 bits per heavy atom. The van der Waals surface area contributed by atoms with Crippen LogP contribution in [0.25, 0.3) is 0 Å². The van der Waals surface area contributed by atoms with Crippen LogP contribution in [0.2, 0.25) is 5.15 Å². The third kappa shape index (κ3) is 6.27. The second kappa shape index (κ2) is 11.7. The van der Waals surface area contributed by atoms with Crippen LogP contribution in [0.3, 0.4) is 0 Å². The van der Waals surface area contributed by atoms with Crippen LogP contribution >= 0.6 is 11.6 Å². The van der Waals surface area contributed by atoms with Crippen molar-refractivity contribution in [1.82, 2.24) is 9.55 Å². The van der Waals surface area contributed by atoms with Gasteiger partial charge in [-0.05, 0) is 42.7 Å². The fourth-order valence-corrected chi connectivity index (χ4v) is 4.08. The van der Waals surface area contributed by atoms with Crippen LogP contribution in [-0.4, -0.2) is 39.6 Å². The summed E-state index contributed by atoms with van der Waals surface area (Å²) in [6, 6.07) is 11.9. The number of amides is 1. The van der Waals surface area contributed by atoms with E-state index < -0.39 is 17.8 Å². The van der Waals surface area contributed by atoms with Crippen LogP contribution < -0.4 is 5.32 Å². The van der Waals surface area contributed by atoms with E-state index in [0.717, 1.165) is 30.7 Å². The van der Waals surface area contributed by atoms with Gasteiger partial charge in [0.25, 0.3) is 5.91 Å². The molecule has 0 radical (unpaired) electrons. The molecule has 0 saturated heterocycles. The number of aromatic carboxylic acids is 1. The Kier molecular flexibility index (Phi) is 8.65. The molecule has 0 aliphatic carbocycles. The van der Waals surface area contributed by atoms with Crippen LogP contribution in [0, 0.1) is 6.92 Å². The number of anilines is 1. The smallest absolute Gasteiger partial charge is 0.336 e. The van der Waals surface area contributed by atoms with E-state index in [2.05, 4.69) is 17.2 Å². The van der Waals surface area contributed by atoms with Gasteiger partial charge in [0.2, 0.25) is 0 Å². The van der Waals surface area contributed by atoms with Gasteiger partial charge in [-0.1, -0.05) is 49.2 Å². The second-order valence-corrected chi connectivity index (χ2v) is 8.52. The third-order valence-electron chi connectivity index (χ3n) is 5.68. The predicted octanol–water partition coefficient (Wildman–Crippen LogP) is 4.90. The molecule has 0 saturated carbocycles. The first kappa shape index (κ1) is 26.0. The normalized spacial score (nSPS) is 10.7. The molecule has 1 amide bonds. The fraction of sp³-hybridized carbons (Fsp3) is 0.308. The molecule has 0 aliphatic rings. The number of aryl methyl sites for hydroxylation is 2. The highest BCUT2D eigenvalue weighted by Crippen LogP contribution is 2.23. The van der Waals surface area contributed by atoms with Crippen LogP contribution in [-0.2, 0) is 28.9 Å². The minimum atomic E-state index is -1.16. The lowest BCUT2D eigenvalue weighted by Gasteiger charge is -2.13. The highest BCUT2D eigenvalue weighted by atomic mass is 35.5. The number of methoxy groups -OCH3 is 1. The van der Waals surface area contributed by atoms with Crippen molar-refractivity contribution in [3.05, 3.63) is 81.4 Å². The summed E-state index contributed by atoms with van der Waals surface area (Å²) in [5.41, 5.74) is 2.71. The molecule has 184 valence electrons. The maximum absolute atomic E-state index is 12.8. The number of ether oxygens (including phenoxy) is 1. The summed E-state index contributed by atoms with van der Waals surface area (Å²) in [6.45, 7) is 4.23. The second-order valence-electron chi connectivity index (χ2n) is 8.16. The number of rotatable bonds is 10. The number of carbonyl (C=O) groups is 3. The Hall–Kier alpha value is -3.65. The van der Waals surface area contributed by atoms with Gasteiger partial charge in [-0.2, -0.15) is 0 Å². The molecule has 35 heavy (non-hydrogen) atoms. The van der Waals surface area contributed by atoms with Gasteiger partial charge in [0.1, 0.15) is 5.82 Å². The number of hydrogen-bond donors (Lipinski definition) is 2. The molecule has 3 rings (SSSR count). The zero-order valence-electron chi connectivity index (χ0n) is 19.9. The van der Waals surface area contributed by atoms with Crippen molar-refractivity contribution in [3.8, 4) is 0 Å². The van der Waals surface area contributed by atoms with E-state index in [1.54, 1.807) is 31.2 Å². The summed E-state index contributed by atoms with van der Waals surface area (Å²) < 4.78 is 6.75. The molecule has 2 N–H and O–H groups in total. The molecule has 9 heteroatoms. The number of unbranched alkanes of at least 4 members (excludes halogenated alkanes) is 1. The lowest BCUT2D eigenvalue weighted by Crippen LogP contribution is -2.18. The van der Waals surface area contributed by atoms with E-state index in [-0.39, 0.29) is 22.7 Å². The van der Waals surface area contributed by atoms with Gasteiger partial charge in [-0.3, -0.25) is 9.59 Å². The summed E-state index contributed by atoms with van der Waals surface area (Å²) in [5.74, 6) is -1.24. The van der Waals surface area contributed by atoms with E-state index in [0.29, 0.717) is 23.5 Å². The fourth-order valence-electron chi connectivity index (χ4n) is 3.81. The van der Waals surface area contributed by atoms with Gasteiger partial charge in [0, 0.05) is 18.7 Å². The Balaban J connectivity index is 1.82. The topological polar surface area (TPSA) is 111 Å². The Morgan fingerprint density at radius 2 is 1.86 bits per heavy atom. The van der Waals surface area contributed by atoms with Crippen molar-refractivity contribution < 1.29 is 24.2 Å². The lowest BCUT2D eigenvalue weighted by molar-refractivity contribution is -0.139. The summed E-state index contributed by atoms with van der Waals surface area (Å²) in [7, 11) is 1.33. The number of benzene rings is 2. The Labute approximate surface area is 208 Å². The lowest BCUT2D eigenvalue weighted by atomic mass is 10.0. The van der Waals surface area contributed by atoms with Crippen molar-refractivity contribution in [2.75, 3.05) is 12.4 Å². The molecule has 0 unspecified atom stereocenters. The molecule has 8 nitrogen and oxygen atoms in total. The Morgan fingerprint density at radius 1 is 1.14 bits per heavy atom. The molecule has 0 fully saturated rings. The number of hydrogen-bond acceptors (Lipinski definition) is 5. The van der Waals surface area contributed by atoms with Crippen LogP contribution in [0.4, 0.5) is 5.69 Å². The number of nitrogens with one attached hydrogen (secondary N) is 1. The maximum Gasteiger partial charge on any atom is 0.336 e. The monoisotopic (exact) mass is 497 g/mol. The number of carbonyl (C=O) groups excluding carboxylic acids is 2. The summed E-state index contributed by atoms with van der Waals surface area (Å²) >= 11 is 6.36. The predicted molar refractivity (Wildman–Crippen MR) is 133 cm³/mol. The average molecular weight is 498 g/mol. The molecule has 0 bridgehead atoms. The van der Waals surface area contributed by atoms with Gasteiger partial charge in [0.05, 0.1) is 30.4 Å². The number of nitrogens with zero attached hydrogens (tertiary/aromatic N) is 2. The standard InChI is InChI=1S/C26H28ClN3O5/c1-4-5-9-21-29-24(27)20(14-22(31)35-3)30(21)15-17-10-12-18(13-11-17)28-25(32)23-16(2)7-6-8-19(23)26(33)34/h6-8,10-13H,4-5,9,14-15H2,1-3H3,(H,28,32)(H,33,34). The number of halogens is 1. The maximum atomic E-state index is 12.8. The number of carboxylic acids is 1. The summed E-state index contributed by atoms with van der Waals surface area (Å²) in [6.07, 6.45) is 2.68. The van der Waals surface area contributed by atoms with Crippen LogP contribution in [0.5, 0.6) is 0 Å². The average Bonchev–Trinajstić information content (AvgIpc) is 3.12. The highest BCUT2D eigenvalue weighted by molar-refractivity contribution is 6.30. The van der Waals surface area contributed by atoms with E-state index in [4.69, 9.17) is 16.3 Å². The quantitative estimate of drug-likeness (QED) is 0.385. The molecule has 1 aromatic heterocycles.